The first-order valence-corrected chi connectivity index (χ1v) is 8.21. The number of hydrogen-bond acceptors (Lipinski definition) is 5. The van der Waals surface area contributed by atoms with E-state index in [-0.39, 0.29) is 0 Å². The Balaban J connectivity index is 1.51. The summed E-state index contributed by atoms with van der Waals surface area (Å²) < 4.78 is 11.0. The monoisotopic (exact) mass is 335 g/mol. The molecule has 0 radical (unpaired) electrons. The highest BCUT2D eigenvalue weighted by Gasteiger charge is 2.03. The largest absolute Gasteiger partial charge is 0.496 e. The van der Waals surface area contributed by atoms with E-state index in [0.29, 0.717) is 6.01 Å². The van der Waals surface area contributed by atoms with Gasteiger partial charge in [0, 0.05) is 18.9 Å². The molecule has 1 heterocycles. The Kier molecular flexibility index (Phi) is 5.96. The van der Waals surface area contributed by atoms with E-state index in [2.05, 4.69) is 27.4 Å². The van der Waals surface area contributed by atoms with Crippen LogP contribution in [0.5, 0.6) is 17.5 Å². The topological polar surface area (TPSA) is 56.3 Å². The van der Waals surface area contributed by atoms with E-state index in [1.807, 2.05) is 36.4 Å². The van der Waals surface area contributed by atoms with Crippen LogP contribution in [0, 0.1) is 0 Å². The number of rotatable bonds is 8. The molecule has 25 heavy (non-hydrogen) atoms. The van der Waals surface area contributed by atoms with Crippen molar-refractivity contribution in [3.63, 3.8) is 0 Å². The fraction of sp³-hybridized carbons (Fsp3) is 0.200. The van der Waals surface area contributed by atoms with Crippen LogP contribution in [0.3, 0.4) is 0 Å². The number of aromatic nitrogens is 2. The highest BCUT2D eigenvalue weighted by atomic mass is 16.5. The number of hydrogen-bond donors (Lipinski definition) is 1. The molecule has 1 N–H and O–H groups in total. The third-order valence-electron chi connectivity index (χ3n) is 3.74. The molecule has 0 atom stereocenters. The van der Waals surface area contributed by atoms with Gasteiger partial charge in [0.1, 0.15) is 11.5 Å². The fourth-order valence-electron chi connectivity index (χ4n) is 2.53. The molecule has 0 aliphatic rings. The van der Waals surface area contributed by atoms with Gasteiger partial charge < -0.3 is 14.8 Å². The van der Waals surface area contributed by atoms with Gasteiger partial charge in [0.05, 0.1) is 7.11 Å². The summed E-state index contributed by atoms with van der Waals surface area (Å²) in [7, 11) is 1.70. The Labute approximate surface area is 147 Å². The van der Waals surface area contributed by atoms with Crippen LogP contribution in [-0.2, 0) is 13.0 Å². The molecule has 0 amide bonds. The lowest BCUT2D eigenvalue weighted by Gasteiger charge is -2.10. The maximum Gasteiger partial charge on any atom is 0.321 e. The van der Waals surface area contributed by atoms with E-state index in [9.17, 15) is 0 Å². The third kappa shape index (κ3) is 5.02. The number of ether oxygens (including phenoxy) is 2. The van der Waals surface area contributed by atoms with Crippen LogP contribution in [0.1, 0.15) is 11.1 Å². The van der Waals surface area contributed by atoms with Crippen LogP contribution >= 0.6 is 0 Å². The van der Waals surface area contributed by atoms with Crippen molar-refractivity contribution in [3.8, 4) is 17.5 Å². The summed E-state index contributed by atoms with van der Waals surface area (Å²) in [4.78, 5) is 8.14. The van der Waals surface area contributed by atoms with E-state index >= 15 is 0 Å². The molecular weight excluding hydrogens is 314 g/mol. The van der Waals surface area contributed by atoms with Crippen molar-refractivity contribution in [2.75, 3.05) is 13.7 Å². The van der Waals surface area contributed by atoms with Gasteiger partial charge in [-0.15, -0.1) is 0 Å². The maximum atomic E-state index is 5.66. The first-order chi connectivity index (χ1) is 12.3. The average molecular weight is 335 g/mol. The van der Waals surface area contributed by atoms with Crippen molar-refractivity contribution in [2.24, 2.45) is 0 Å². The SMILES string of the molecule is COc1ccccc1CCNCc1cccc(Oc2ncccn2)c1. The highest BCUT2D eigenvalue weighted by molar-refractivity contribution is 5.33. The maximum absolute atomic E-state index is 5.66. The van der Waals surface area contributed by atoms with Crippen LogP contribution < -0.4 is 14.8 Å². The third-order valence-corrected chi connectivity index (χ3v) is 3.74. The summed E-state index contributed by atoms with van der Waals surface area (Å²) in [6.45, 7) is 1.63. The van der Waals surface area contributed by atoms with Gasteiger partial charge >= 0.3 is 6.01 Å². The van der Waals surface area contributed by atoms with Crippen LogP contribution in [0.25, 0.3) is 0 Å². The van der Waals surface area contributed by atoms with E-state index in [1.165, 1.54) is 5.56 Å². The Hall–Kier alpha value is -2.92. The number of benzene rings is 2. The quantitative estimate of drug-likeness (QED) is 0.637. The molecule has 0 bridgehead atoms. The minimum Gasteiger partial charge on any atom is -0.496 e. The fourth-order valence-corrected chi connectivity index (χ4v) is 2.53. The van der Waals surface area contributed by atoms with Gasteiger partial charge in [0.15, 0.2) is 0 Å². The standard InChI is InChI=1S/C20H21N3O2/c1-24-19-9-3-2-7-17(19)10-13-21-15-16-6-4-8-18(14-16)25-20-22-11-5-12-23-20/h2-9,11-12,14,21H,10,13,15H2,1H3. The number of para-hydroxylation sites is 1. The van der Waals surface area contributed by atoms with Gasteiger partial charge in [-0.25, -0.2) is 9.97 Å². The number of nitrogens with one attached hydrogen (secondary N) is 1. The van der Waals surface area contributed by atoms with Gasteiger partial charge in [0.2, 0.25) is 0 Å². The van der Waals surface area contributed by atoms with Crippen LogP contribution in [0.15, 0.2) is 67.0 Å². The lowest BCUT2D eigenvalue weighted by molar-refractivity contribution is 0.409. The van der Waals surface area contributed by atoms with Gasteiger partial charge in [-0.05, 0) is 48.4 Å². The van der Waals surface area contributed by atoms with Crippen molar-refractivity contribution in [2.45, 2.75) is 13.0 Å². The van der Waals surface area contributed by atoms with Crippen LogP contribution in [0.4, 0.5) is 0 Å². The number of methoxy groups -OCH3 is 1. The van der Waals surface area contributed by atoms with Crippen molar-refractivity contribution in [1.82, 2.24) is 15.3 Å². The molecule has 1 aromatic heterocycles. The zero-order chi connectivity index (χ0) is 17.3. The highest BCUT2D eigenvalue weighted by Crippen LogP contribution is 2.19. The van der Waals surface area contributed by atoms with E-state index in [4.69, 9.17) is 9.47 Å². The van der Waals surface area contributed by atoms with E-state index in [0.717, 1.165) is 36.6 Å². The summed E-state index contributed by atoms with van der Waals surface area (Å²) in [6, 6.07) is 18.1. The lowest BCUT2D eigenvalue weighted by Crippen LogP contribution is -2.17. The van der Waals surface area contributed by atoms with Crippen molar-refractivity contribution in [3.05, 3.63) is 78.1 Å². The Morgan fingerprint density at radius 1 is 0.960 bits per heavy atom. The molecule has 5 heteroatoms. The first-order valence-electron chi connectivity index (χ1n) is 8.21. The predicted octanol–water partition coefficient (Wildman–Crippen LogP) is 3.61. The lowest BCUT2D eigenvalue weighted by atomic mass is 10.1. The molecule has 128 valence electrons. The normalized spacial score (nSPS) is 10.4. The Morgan fingerprint density at radius 2 is 1.80 bits per heavy atom. The molecule has 5 nitrogen and oxygen atoms in total. The summed E-state index contributed by atoms with van der Waals surface area (Å²) >= 11 is 0. The molecule has 3 aromatic rings. The molecular formula is C20H21N3O2. The molecule has 0 aliphatic heterocycles. The smallest absolute Gasteiger partial charge is 0.321 e. The van der Waals surface area contributed by atoms with Gasteiger partial charge in [-0.2, -0.15) is 0 Å². The van der Waals surface area contributed by atoms with Crippen molar-refractivity contribution in [1.29, 1.82) is 0 Å². The second-order valence-corrected chi connectivity index (χ2v) is 5.52. The van der Waals surface area contributed by atoms with Gasteiger partial charge in [0.25, 0.3) is 0 Å². The van der Waals surface area contributed by atoms with Crippen molar-refractivity contribution >= 4 is 0 Å². The summed E-state index contributed by atoms with van der Waals surface area (Å²) in [6.07, 6.45) is 4.23. The zero-order valence-electron chi connectivity index (χ0n) is 14.2. The van der Waals surface area contributed by atoms with Crippen molar-refractivity contribution < 1.29 is 9.47 Å². The molecule has 0 unspecified atom stereocenters. The summed E-state index contributed by atoms with van der Waals surface area (Å²) in [5, 5.41) is 3.45. The molecule has 0 saturated carbocycles. The number of nitrogens with zero attached hydrogens (tertiary/aromatic N) is 2. The second kappa shape index (κ2) is 8.80. The zero-order valence-corrected chi connectivity index (χ0v) is 14.2. The van der Waals surface area contributed by atoms with E-state index < -0.39 is 0 Å². The summed E-state index contributed by atoms with van der Waals surface area (Å²) in [5.41, 5.74) is 2.35. The molecule has 0 spiro atoms. The summed E-state index contributed by atoms with van der Waals surface area (Å²) in [5.74, 6) is 1.66. The Bertz CT molecular complexity index is 794. The van der Waals surface area contributed by atoms with Crippen LogP contribution in [0.2, 0.25) is 0 Å². The first kappa shape index (κ1) is 16.9. The van der Waals surface area contributed by atoms with Gasteiger partial charge in [-0.1, -0.05) is 30.3 Å². The van der Waals surface area contributed by atoms with Gasteiger partial charge in [-0.3, -0.25) is 0 Å². The van der Waals surface area contributed by atoms with E-state index in [1.54, 1.807) is 25.6 Å². The second-order valence-electron chi connectivity index (χ2n) is 5.52. The minimum absolute atomic E-state index is 0.351. The molecule has 0 fully saturated rings. The van der Waals surface area contributed by atoms with Crippen LogP contribution in [-0.4, -0.2) is 23.6 Å². The molecule has 0 aliphatic carbocycles. The molecule has 0 saturated heterocycles. The Morgan fingerprint density at radius 3 is 2.64 bits per heavy atom. The molecule has 3 rings (SSSR count). The molecule has 2 aromatic carbocycles. The minimum atomic E-state index is 0.351. The average Bonchev–Trinajstić information content (AvgIpc) is 2.67. The predicted molar refractivity (Wildman–Crippen MR) is 97.0 cm³/mol.